The fraction of sp³-hybridized carbons (Fsp3) is 0.538. The van der Waals surface area contributed by atoms with Crippen molar-refractivity contribution in [3.05, 3.63) is 29.8 Å². The summed E-state index contributed by atoms with van der Waals surface area (Å²) in [6, 6.07) is 6.57. The van der Waals surface area contributed by atoms with Crippen LogP contribution in [-0.2, 0) is 11.3 Å². The normalized spacial score (nSPS) is 34.0. The van der Waals surface area contributed by atoms with Gasteiger partial charge in [-0.2, -0.15) is 0 Å². The van der Waals surface area contributed by atoms with E-state index in [0.29, 0.717) is 5.56 Å². The van der Waals surface area contributed by atoms with Gasteiger partial charge in [0.15, 0.2) is 12.4 Å². The predicted octanol–water partition coefficient (Wildman–Crippen LogP) is -1.64. The summed E-state index contributed by atoms with van der Waals surface area (Å²) in [7, 11) is 0. The summed E-state index contributed by atoms with van der Waals surface area (Å²) in [4.78, 5) is 0. The van der Waals surface area contributed by atoms with Gasteiger partial charge in [0.05, 0.1) is 13.2 Å². The van der Waals surface area contributed by atoms with Gasteiger partial charge in [0.1, 0.15) is 24.1 Å². The standard InChI is InChI=1S/C13H18O7/c14-5-7-3-1-2-4-8(7)19-12-11(17)10(16)9(6-15)20-13(12)18/h1-4,9-18H,5-6H2/t9-,10-,11+,12-,13-/m1/s1. The van der Waals surface area contributed by atoms with Crippen molar-refractivity contribution in [2.45, 2.75) is 37.3 Å². The first kappa shape index (κ1) is 15.2. The number of hydrogen-bond donors (Lipinski definition) is 5. The third kappa shape index (κ3) is 2.93. The number of aliphatic hydroxyl groups excluding tert-OH is 5. The van der Waals surface area contributed by atoms with E-state index in [9.17, 15) is 20.4 Å². The molecule has 1 aliphatic heterocycles. The van der Waals surface area contributed by atoms with E-state index in [4.69, 9.17) is 14.6 Å². The Morgan fingerprint density at radius 2 is 1.75 bits per heavy atom. The van der Waals surface area contributed by atoms with E-state index >= 15 is 0 Å². The lowest BCUT2D eigenvalue weighted by molar-refractivity contribution is -0.280. The molecule has 7 heteroatoms. The molecule has 112 valence electrons. The molecule has 5 N–H and O–H groups in total. The predicted molar refractivity (Wildman–Crippen MR) is 66.8 cm³/mol. The van der Waals surface area contributed by atoms with Gasteiger partial charge in [-0.25, -0.2) is 0 Å². The van der Waals surface area contributed by atoms with Gasteiger partial charge in [0, 0.05) is 5.56 Å². The largest absolute Gasteiger partial charge is 0.482 e. The Labute approximate surface area is 115 Å². The average molecular weight is 286 g/mol. The van der Waals surface area contributed by atoms with Crippen LogP contribution in [0.2, 0.25) is 0 Å². The lowest BCUT2D eigenvalue weighted by Crippen LogP contribution is -2.60. The van der Waals surface area contributed by atoms with Crippen LogP contribution in [0.1, 0.15) is 5.56 Å². The van der Waals surface area contributed by atoms with Crippen LogP contribution < -0.4 is 4.74 Å². The molecule has 2 rings (SSSR count). The molecule has 0 bridgehead atoms. The van der Waals surface area contributed by atoms with Gasteiger partial charge in [-0.15, -0.1) is 0 Å². The quantitative estimate of drug-likeness (QED) is 0.450. The molecular weight excluding hydrogens is 268 g/mol. The monoisotopic (exact) mass is 286 g/mol. The highest BCUT2D eigenvalue weighted by molar-refractivity contribution is 5.33. The molecule has 20 heavy (non-hydrogen) atoms. The van der Waals surface area contributed by atoms with Gasteiger partial charge in [0.25, 0.3) is 0 Å². The van der Waals surface area contributed by atoms with E-state index in [1.165, 1.54) is 0 Å². The van der Waals surface area contributed by atoms with Crippen LogP contribution in [0.4, 0.5) is 0 Å². The molecule has 0 radical (unpaired) electrons. The molecule has 1 saturated heterocycles. The van der Waals surface area contributed by atoms with Crippen molar-refractivity contribution in [2.24, 2.45) is 0 Å². The minimum atomic E-state index is -1.50. The first-order valence-electron chi connectivity index (χ1n) is 6.24. The van der Waals surface area contributed by atoms with Crippen molar-refractivity contribution in [2.75, 3.05) is 6.61 Å². The SMILES string of the molecule is OCc1ccccc1O[C@@H]1[C@@H](O)[C@H](O)[C@@H](CO)O[C@H]1O. The zero-order valence-corrected chi connectivity index (χ0v) is 10.7. The first-order valence-corrected chi connectivity index (χ1v) is 6.24. The number of benzene rings is 1. The summed E-state index contributed by atoms with van der Waals surface area (Å²) in [6.07, 6.45) is -6.61. The van der Waals surface area contributed by atoms with Crippen LogP contribution in [0, 0.1) is 0 Å². The molecule has 0 spiro atoms. The number of hydrogen-bond acceptors (Lipinski definition) is 7. The van der Waals surface area contributed by atoms with Gasteiger partial charge >= 0.3 is 0 Å². The summed E-state index contributed by atoms with van der Waals surface area (Å²) in [6.45, 7) is -0.799. The van der Waals surface area contributed by atoms with Crippen molar-refractivity contribution in [3.63, 3.8) is 0 Å². The molecule has 0 aromatic heterocycles. The van der Waals surface area contributed by atoms with Gasteiger partial charge in [-0.1, -0.05) is 18.2 Å². The Morgan fingerprint density at radius 1 is 1.05 bits per heavy atom. The Bertz CT molecular complexity index is 438. The van der Waals surface area contributed by atoms with Crippen LogP contribution in [0.15, 0.2) is 24.3 Å². The van der Waals surface area contributed by atoms with Crippen molar-refractivity contribution >= 4 is 0 Å². The van der Waals surface area contributed by atoms with Crippen molar-refractivity contribution in [1.29, 1.82) is 0 Å². The summed E-state index contributed by atoms with van der Waals surface area (Å²) in [5, 5.41) is 47.7. The Balaban J connectivity index is 2.16. The van der Waals surface area contributed by atoms with Crippen molar-refractivity contribution in [3.8, 4) is 5.75 Å². The fourth-order valence-corrected chi connectivity index (χ4v) is 2.09. The van der Waals surface area contributed by atoms with Crippen LogP contribution in [0.3, 0.4) is 0 Å². The second kappa shape index (κ2) is 6.49. The van der Waals surface area contributed by atoms with E-state index < -0.39 is 37.3 Å². The van der Waals surface area contributed by atoms with Gasteiger partial charge in [-0.05, 0) is 6.07 Å². The highest BCUT2D eigenvalue weighted by Gasteiger charge is 2.45. The maximum Gasteiger partial charge on any atom is 0.195 e. The van der Waals surface area contributed by atoms with E-state index in [0.717, 1.165) is 0 Å². The third-order valence-corrected chi connectivity index (χ3v) is 3.25. The maximum atomic E-state index is 9.95. The molecule has 1 aromatic carbocycles. The molecule has 1 aromatic rings. The summed E-state index contributed by atoms with van der Waals surface area (Å²) in [5.41, 5.74) is 0.477. The second-order valence-corrected chi connectivity index (χ2v) is 4.58. The van der Waals surface area contributed by atoms with E-state index in [1.807, 2.05) is 0 Å². The number of rotatable bonds is 4. The molecule has 0 aliphatic carbocycles. The summed E-state index contributed by atoms with van der Waals surface area (Å²) in [5.74, 6) is 0.274. The van der Waals surface area contributed by atoms with Crippen LogP contribution in [0.5, 0.6) is 5.75 Å². The fourth-order valence-electron chi connectivity index (χ4n) is 2.09. The first-order chi connectivity index (χ1) is 9.58. The van der Waals surface area contributed by atoms with E-state index in [1.54, 1.807) is 24.3 Å². The number of ether oxygens (including phenoxy) is 2. The Hall–Kier alpha value is -1.22. The summed E-state index contributed by atoms with van der Waals surface area (Å²) < 4.78 is 10.4. The zero-order chi connectivity index (χ0) is 14.7. The molecule has 5 atom stereocenters. The number of aliphatic hydroxyl groups is 5. The second-order valence-electron chi connectivity index (χ2n) is 4.58. The minimum Gasteiger partial charge on any atom is -0.482 e. The summed E-state index contributed by atoms with van der Waals surface area (Å²) >= 11 is 0. The van der Waals surface area contributed by atoms with Crippen LogP contribution >= 0.6 is 0 Å². The molecular formula is C13H18O7. The minimum absolute atomic E-state index is 0.266. The highest BCUT2D eigenvalue weighted by atomic mass is 16.7. The number of para-hydroxylation sites is 1. The Morgan fingerprint density at radius 3 is 2.40 bits per heavy atom. The van der Waals surface area contributed by atoms with Gasteiger partial charge < -0.3 is 35.0 Å². The molecule has 7 nitrogen and oxygen atoms in total. The molecule has 1 fully saturated rings. The molecule has 0 amide bonds. The van der Waals surface area contributed by atoms with E-state index in [2.05, 4.69) is 0 Å². The maximum absolute atomic E-state index is 9.95. The zero-order valence-electron chi connectivity index (χ0n) is 10.7. The van der Waals surface area contributed by atoms with Crippen molar-refractivity contribution in [1.82, 2.24) is 0 Å². The van der Waals surface area contributed by atoms with Crippen LogP contribution in [0.25, 0.3) is 0 Å². The highest BCUT2D eigenvalue weighted by Crippen LogP contribution is 2.26. The van der Waals surface area contributed by atoms with Gasteiger partial charge in [-0.3, -0.25) is 0 Å². The molecule has 1 heterocycles. The third-order valence-electron chi connectivity index (χ3n) is 3.25. The lowest BCUT2D eigenvalue weighted by atomic mass is 9.99. The molecule has 0 unspecified atom stereocenters. The van der Waals surface area contributed by atoms with E-state index in [-0.39, 0.29) is 12.4 Å². The van der Waals surface area contributed by atoms with Gasteiger partial charge in [0.2, 0.25) is 0 Å². The lowest BCUT2D eigenvalue weighted by Gasteiger charge is -2.40. The van der Waals surface area contributed by atoms with Crippen LogP contribution in [-0.4, -0.2) is 62.8 Å². The van der Waals surface area contributed by atoms with Crippen molar-refractivity contribution < 1.29 is 35.0 Å². The average Bonchev–Trinajstić information content (AvgIpc) is 2.47. The topological polar surface area (TPSA) is 120 Å². The molecule has 0 saturated carbocycles. The smallest absolute Gasteiger partial charge is 0.195 e. The molecule has 1 aliphatic rings. The Kier molecular flexibility index (Phi) is 4.92.